The molecule has 150 valence electrons. The minimum Gasteiger partial charge on any atom is -1.00 e. The Labute approximate surface area is 200 Å². The van der Waals surface area contributed by atoms with E-state index in [9.17, 15) is 0 Å². The van der Waals surface area contributed by atoms with Crippen LogP contribution in [0.25, 0.3) is 12.2 Å². The molecule has 2 aliphatic carbocycles. The van der Waals surface area contributed by atoms with Crippen LogP contribution in [0.15, 0.2) is 91.0 Å². The summed E-state index contributed by atoms with van der Waals surface area (Å²) in [6, 6.07) is 31.0. The Hall–Kier alpha value is -1.18. The normalized spacial score (nSPS) is 17.2. The van der Waals surface area contributed by atoms with Crippen molar-refractivity contribution in [2.24, 2.45) is 0 Å². The SMILES string of the molecule is CC[Si](c1ccccc1)=[Zr+2]([CH]1C=Cc2ccccc21)[CH]1C=Cc2ccccc21.[Cl-].[Cl-]. The summed E-state index contributed by atoms with van der Waals surface area (Å²) in [6.45, 7) is 2.44. The zero-order valence-corrected chi connectivity index (χ0v) is 21.9. The van der Waals surface area contributed by atoms with Crippen LogP contribution in [0.5, 0.6) is 0 Å². The van der Waals surface area contributed by atoms with E-state index in [-0.39, 0.29) is 24.8 Å². The van der Waals surface area contributed by atoms with Gasteiger partial charge < -0.3 is 24.8 Å². The van der Waals surface area contributed by atoms with Crippen molar-refractivity contribution in [2.45, 2.75) is 20.2 Å². The van der Waals surface area contributed by atoms with E-state index in [4.69, 9.17) is 0 Å². The van der Waals surface area contributed by atoms with E-state index >= 15 is 0 Å². The Bertz CT molecular complexity index is 1060. The molecule has 4 heteroatoms. The molecular formula is C26H24Cl2SiZr. The van der Waals surface area contributed by atoms with Gasteiger partial charge in [0.25, 0.3) is 0 Å². The van der Waals surface area contributed by atoms with E-state index in [1.54, 1.807) is 16.3 Å². The molecule has 0 saturated carbocycles. The number of hydrogen-bond acceptors (Lipinski definition) is 0. The molecule has 0 aromatic heterocycles. The van der Waals surface area contributed by atoms with Gasteiger partial charge in [0.2, 0.25) is 0 Å². The molecule has 0 saturated heterocycles. The zero-order chi connectivity index (χ0) is 18.9. The average molecular weight is 527 g/mol. The molecule has 0 aliphatic heterocycles. The molecule has 0 nitrogen and oxygen atoms in total. The summed E-state index contributed by atoms with van der Waals surface area (Å²) in [4.78, 5) is 0. The van der Waals surface area contributed by atoms with Crippen LogP contribution in [0.1, 0.15) is 36.4 Å². The minimum atomic E-state index is -1.99. The monoisotopic (exact) mass is 524 g/mol. The largest absolute Gasteiger partial charge is 1.00 e. The molecule has 2 atom stereocenters. The van der Waals surface area contributed by atoms with Crippen molar-refractivity contribution in [1.29, 1.82) is 0 Å². The van der Waals surface area contributed by atoms with Crippen LogP contribution >= 0.6 is 0 Å². The first-order valence-electron chi connectivity index (χ1n) is 10.2. The summed E-state index contributed by atoms with van der Waals surface area (Å²) in [5.74, 6) is 0. The number of rotatable bonds is 4. The standard InChI is InChI=1S/2C9H7.C8H10Si.2ClH.Zr/c2*1-2-5-9-7-3-6-8(9)4-1;1-2-9-8-6-4-3-5-7-8;;;/h2*1-7H;3-7H,2H2,1H3;2*1H;/q;;;;;+2/p-2. The van der Waals surface area contributed by atoms with Gasteiger partial charge in [-0.1, -0.05) is 0 Å². The maximum absolute atomic E-state index is 2.57. The smallest absolute Gasteiger partial charge is 1.00 e. The molecule has 0 bridgehead atoms. The van der Waals surface area contributed by atoms with Crippen LogP contribution in [0, 0.1) is 0 Å². The van der Waals surface area contributed by atoms with Gasteiger partial charge in [-0.25, -0.2) is 0 Å². The number of hydrogen-bond donors (Lipinski definition) is 0. The molecule has 0 spiro atoms. The number of benzene rings is 3. The Morgan fingerprint density at radius 3 is 1.63 bits per heavy atom. The maximum Gasteiger partial charge on any atom is -1.00 e. The van der Waals surface area contributed by atoms with E-state index in [1.807, 2.05) is 0 Å². The third kappa shape index (κ3) is 4.26. The molecule has 0 heterocycles. The van der Waals surface area contributed by atoms with E-state index in [2.05, 4.69) is 110 Å². The van der Waals surface area contributed by atoms with Crippen molar-refractivity contribution in [3.63, 3.8) is 0 Å². The van der Waals surface area contributed by atoms with E-state index in [0.29, 0.717) is 7.25 Å². The Kier molecular flexibility index (Phi) is 8.16. The Morgan fingerprint density at radius 2 is 1.13 bits per heavy atom. The molecule has 0 amide bonds. The van der Waals surface area contributed by atoms with Crippen molar-refractivity contribution >= 4 is 22.8 Å². The third-order valence-electron chi connectivity index (χ3n) is 6.09. The fraction of sp³-hybridized carbons (Fsp3) is 0.154. The summed E-state index contributed by atoms with van der Waals surface area (Å²) in [5, 5.41) is 1.65. The van der Waals surface area contributed by atoms with Crippen LogP contribution in [0.2, 0.25) is 6.04 Å². The van der Waals surface area contributed by atoms with Crippen molar-refractivity contribution in [1.82, 2.24) is 0 Å². The molecule has 0 radical (unpaired) electrons. The molecule has 0 N–H and O–H groups in total. The van der Waals surface area contributed by atoms with Gasteiger partial charge >= 0.3 is 177 Å². The maximum atomic E-state index is 2.57. The minimum absolute atomic E-state index is 0. The number of halogens is 2. The summed E-state index contributed by atoms with van der Waals surface area (Å²) < 4.78 is 1.38. The van der Waals surface area contributed by atoms with Gasteiger partial charge in [-0.3, -0.25) is 0 Å². The van der Waals surface area contributed by atoms with Crippen molar-refractivity contribution in [3.8, 4) is 0 Å². The summed E-state index contributed by atoms with van der Waals surface area (Å²) in [6.07, 6.45) is 9.92. The van der Waals surface area contributed by atoms with Gasteiger partial charge in [-0.15, -0.1) is 0 Å². The van der Waals surface area contributed by atoms with Gasteiger partial charge in [-0.05, 0) is 0 Å². The molecule has 0 fully saturated rings. The van der Waals surface area contributed by atoms with Crippen LogP contribution in [-0.2, 0) is 20.4 Å². The summed E-state index contributed by atoms with van der Waals surface area (Å²) in [5.41, 5.74) is 5.54. The second kappa shape index (κ2) is 10.4. The fourth-order valence-electron chi connectivity index (χ4n) is 4.82. The van der Waals surface area contributed by atoms with Crippen LogP contribution in [0.3, 0.4) is 0 Å². The van der Waals surface area contributed by atoms with E-state index < -0.39 is 25.8 Å². The predicted octanol–water partition coefficient (Wildman–Crippen LogP) is 0.0674. The summed E-state index contributed by atoms with van der Waals surface area (Å²) >= 11 is -1.99. The van der Waals surface area contributed by atoms with Crippen molar-refractivity contribution in [3.05, 3.63) is 113 Å². The van der Waals surface area contributed by atoms with Gasteiger partial charge in [0.15, 0.2) is 0 Å². The molecule has 2 aliphatic rings. The third-order valence-corrected chi connectivity index (χ3v) is 27.9. The predicted molar refractivity (Wildman–Crippen MR) is 119 cm³/mol. The van der Waals surface area contributed by atoms with Gasteiger partial charge in [0.1, 0.15) is 0 Å². The first-order chi connectivity index (χ1) is 13.9. The van der Waals surface area contributed by atoms with E-state index in [0.717, 1.165) is 0 Å². The molecular weight excluding hydrogens is 503 g/mol. The van der Waals surface area contributed by atoms with Crippen LogP contribution in [-0.4, -0.2) is 5.43 Å². The fourth-order valence-corrected chi connectivity index (χ4v) is 27.9. The number of fused-ring (bicyclic) bond motifs is 2. The quantitative estimate of drug-likeness (QED) is 0.422. The molecule has 5 rings (SSSR count). The topological polar surface area (TPSA) is 0 Å². The second-order valence-corrected chi connectivity index (χ2v) is 23.0. The Balaban J connectivity index is 0.00000128. The van der Waals surface area contributed by atoms with Gasteiger partial charge in [-0.2, -0.15) is 0 Å². The molecule has 2 unspecified atom stereocenters. The first kappa shape index (κ1) is 23.5. The van der Waals surface area contributed by atoms with Crippen molar-refractivity contribution in [2.75, 3.05) is 0 Å². The molecule has 3 aromatic carbocycles. The number of allylic oxidation sites excluding steroid dienone is 2. The van der Waals surface area contributed by atoms with Gasteiger partial charge in [0, 0.05) is 0 Å². The van der Waals surface area contributed by atoms with Crippen molar-refractivity contribution < 1.29 is 45.2 Å². The second-order valence-electron chi connectivity index (χ2n) is 7.58. The van der Waals surface area contributed by atoms with Crippen LogP contribution in [0.4, 0.5) is 0 Å². The zero-order valence-electron chi connectivity index (χ0n) is 16.9. The summed E-state index contributed by atoms with van der Waals surface area (Å²) in [7, 11) is 0. The van der Waals surface area contributed by atoms with Gasteiger partial charge in [0.05, 0.1) is 0 Å². The molecule has 30 heavy (non-hydrogen) atoms. The molecule has 3 aromatic rings. The van der Waals surface area contributed by atoms with E-state index in [1.165, 1.54) is 17.2 Å². The average Bonchev–Trinajstić information content (AvgIpc) is 3.37. The Morgan fingerprint density at radius 1 is 0.667 bits per heavy atom. The first-order valence-corrected chi connectivity index (χ1v) is 18.4. The van der Waals surface area contributed by atoms with Crippen LogP contribution < -0.4 is 30.0 Å².